The van der Waals surface area contributed by atoms with Gasteiger partial charge < -0.3 is 10.2 Å². The lowest BCUT2D eigenvalue weighted by Crippen LogP contribution is -2.23. The number of azo groups is 1. The molecule has 0 unspecified atom stereocenters. The maximum Gasteiger partial charge on any atom is 0.253 e. The van der Waals surface area contributed by atoms with Gasteiger partial charge in [-0.15, -0.1) is 5.11 Å². The van der Waals surface area contributed by atoms with Gasteiger partial charge in [0.2, 0.25) is 0 Å². The molecule has 0 saturated heterocycles. The molecule has 5 heteroatoms. The zero-order chi connectivity index (χ0) is 16.7. The monoisotopic (exact) mass is 310 g/mol. The second kappa shape index (κ2) is 8.08. The summed E-state index contributed by atoms with van der Waals surface area (Å²) in [7, 11) is 3.98. The number of amides is 1. The lowest BCUT2D eigenvalue weighted by atomic mass is 10.1. The summed E-state index contributed by atoms with van der Waals surface area (Å²) in [5, 5.41) is 11.3. The number of hydrogen-bond acceptors (Lipinski definition) is 4. The average molecular weight is 310 g/mol. The van der Waals surface area contributed by atoms with Crippen LogP contribution in [0, 0.1) is 0 Å². The minimum Gasteiger partial charge on any atom is -0.378 e. The molecule has 120 valence electrons. The second-order valence-electron chi connectivity index (χ2n) is 5.38. The summed E-state index contributed by atoms with van der Waals surface area (Å²) in [6, 6.07) is 15.0. The maximum atomic E-state index is 12.1. The molecule has 0 aliphatic carbocycles. The number of benzene rings is 2. The molecule has 0 aliphatic heterocycles. The van der Waals surface area contributed by atoms with Crippen LogP contribution in [0.25, 0.3) is 0 Å². The van der Waals surface area contributed by atoms with E-state index in [4.69, 9.17) is 0 Å². The van der Waals surface area contributed by atoms with Gasteiger partial charge in [0.15, 0.2) is 0 Å². The molecule has 2 aromatic carbocycles. The highest BCUT2D eigenvalue weighted by molar-refractivity contribution is 5.98. The third-order valence-electron chi connectivity index (χ3n) is 3.32. The van der Waals surface area contributed by atoms with Gasteiger partial charge in [0.05, 0.1) is 16.9 Å². The average Bonchev–Trinajstić information content (AvgIpc) is 2.58. The van der Waals surface area contributed by atoms with Crippen molar-refractivity contribution in [2.75, 3.05) is 25.5 Å². The molecule has 0 spiro atoms. The summed E-state index contributed by atoms with van der Waals surface area (Å²) in [4.78, 5) is 14.2. The molecule has 0 aromatic heterocycles. The summed E-state index contributed by atoms with van der Waals surface area (Å²) in [6.45, 7) is 2.67. The Kier molecular flexibility index (Phi) is 5.86. The molecule has 1 N–H and O–H groups in total. The zero-order valence-electron chi connectivity index (χ0n) is 13.8. The van der Waals surface area contributed by atoms with Crippen LogP contribution in [0.15, 0.2) is 58.8 Å². The minimum absolute atomic E-state index is 0.121. The van der Waals surface area contributed by atoms with E-state index >= 15 is 0 Å². The molecule has 0 saturated carbocycles. The zero-order valence-corrected chi connectivity index (χ0v) is 13.8. The van der Waals surface area contributed by atoms with Gasteiger partial charge in [0.25, 0.3) is 5.91 Å². The van der Waals surface area contributed by atoms with Gasteiger partial charge >= 0.3 is 0 Å². The van der Waals surface area contributed by atoms with E-state index in [1.54, 1.807) is 12.1 Å². The molecule has 1 amide bonds. The van der Waals surface area contributed by atoms with Crippen LogP contribution in [0.5, 0.6) is 0 Å². The van der Waals surface area contributed by atoms with E-state index in [1.165, 1.54) is 0 Å². The topological polar surface area (TPSA) is 57.1 Å². The molecule has 2 rings (SSSR count). The van der Waals surface area contributed by atoms with Crippen molar-refractivity contribution in [1.29, 1.82) is 0 Å². The van der Waals surface area contributed by atoms with Gasteiger partial charge in [-0.05, 0) is 42.8 Å². The molecule has 0 fully saturated rings. The fourth-order valence-electron chi connectivity index (χ4n) is 2.02. The van der Waals surface area contributed by atoms with Crippen LogP contribution in [0.2, 0.25) is 0 Å². The van der Waals surface area contributed by atoms with Gasteiger partial charge in [-0.25, -0.2) is 0 Å². The van der Waals surface area contributed by atoms with Crippen molar-refractivity contribution in [3.63, 3.8) is 0 Å². The van der Waals surface area contributed by atoms with Crippen LogP contribution in [-0.4, -0.2) is 26.5 Å². The van der Waals surface area contributed by atoms with Crippen molar-refractivity contribution in [2.45, 2.75) is 13.3 Å². The molecule has 23 heavy (non-hydrogen) atoms. The predicted molar refractivity (Wildman–Crippen MR) is 94.0 cm³/mol. The smallest absolute Gasteiger partial charge is 0.253 e. The summed E-state index contributed by atoms with van der Waals surface area (Å²) < 4.78 is 0. The standard InChI is InChI=1S/C18H22N4O/c1-4-13-19-18(23)16-7-5-6-8-17(16)21-20-14-9-11-15(12-10-14)22(2)3/h5-12H,4,13H2,1-3H3,(H,19,23). The van der Waals surface area contributed by atoms with Crippen LogP contribution >= 0.6 is 0 Å². The third kappa shape index (κ3) is 4.64. The van der Waals surface area contributed by atoms with Gasteiger partial charge in [-0.3, -0.25) is 4.79 Å². The normalized spacial score (nSPS) is 10.7. The van der Waals surface area contributed by atoms with E-state index in [-0.39, 0.29) is 5.91 Å². The highest BCUT2D eigenvalue weighted by Gasteiger charge is 2.09. The first-order valence-electron chi connectivity index (χ1n) is 7.68. The van der Waals surface area contributed by atoms with Crippen LogP contribution < -0.4 is 10.2 Å². The van der Waals surface area contributed by atoms with Crippen LogP contribution in [0.4, 0.5) is 17.1 Å². The van der Waals surface area contributed by atoms with Crippen LogP contribution in [0.3, 0.4) is 0 Å². The van der Waals surface area contributed by atoms with Gasteiger partial charge in [0.1, 0.15) is 0 Å². The molecule has 2 aromatic rings. The summed E-state index contributed by atoms with van der Waals surface area (Å²) in [6.07, 6.45) is 0.896. The fraction of sp³-hybridized carbons (Fsp3) is 0.278. The highest BCUT2D eigenvalue weighted by atomic mass is 16.1. The summed E-state index contributed by atoms with van der Waals surface area (Å²) in [5.41, 5.74) is 2.95. The predicted octanol–water partition coefficient (Wildman–Crippen LogP) is 4.31. The minimum atomic E-state index is -0.121. The van der Waals surface area contributed by atoms with Crippen LogP contribution in [-0.2, 0) is 0 Å². The Labute approximate surface area is 137 Å². The van der Waals surface area contributed by atoms with Crippen molar-refractivity contribution in [2.24, 2.45) is 10.2 Å². The number of carbonyl (C=O) groups is 1. The number of hydrogen-bond donors (Lipinski definition) is 1. The van der Waals surface area contributed by atoms with Gasteiger partial charge in [0, 0.05) is 26.3 Å². The first-order chi connectivity index (χ1) is 11.1. The first kappa shape index (κ1) is 16.7. The Bertz CT molecular complexity index is 678. The molecule has 0 atom stereocenters. The van der Waals surface area contributed by atoms with E-state index in [0.29, 0.717) is 17.8 Å². The number of nitrogens with zero attached hydrogens (tertiary/aromatic N) is 3. The fourth-order valence-corrected chi connectivity index (χ4v) is 2.02. The Morgan fingerprint density at radius 3 is 2.39 bits per heavy atom. The van der Waals surface area contributed by atoms with E-state index in [0.717, 1.165) is 17.8 Å². The molecular formula is C18H22N4O. The lowest BCUT2D eigenvalue weighted by Gasteiger charge is -2.11. The quantitative estimate of drug-likeness (QED) is 0.808. The Morgan fingerprint density at radius 1 is 1.04 bits per heavy atom. The molecule has 5 nitrogen and oxygen atoms in total. The third-order valence-corrected chi connectivity index (χ3v) is 3.32. The lowest BCUT2D eigenvalue weighted by molar-refractivity contribution is 0.0954. The molecule has 0 heterocycles. The Morgan fingerprint density at radius 2 is 1.74 bits per heavy atom. The van der Waals surface area contributed by atoms with Crippen molar-refractivity contribution >= 4 is 23.0 Å². The highest BCUT2D eigenvalue weighted by Crippen LogP contribution is 2.23. The van der Waals surface area contributed by atoms with Crippen molar-refractivity contribution < 1.29 is 4.79 Å². The number of nitrogens with one attached hydrogen (secondary N) is 1. The first-order valence-corrected chi connectivity index (χ1v) is 7.68. The van der Waals surface area contributed by atoms with Crippen molar-refractivity contribution in [3.8, 4) is 0 Å². The second-order valence-corrected chi connectivity index (χ2v) is 5.38. The van der Waals surface area contributed by atoms with Crippen molar-refractivity contribution in [3.05, 3.63) is 54.1 Å². The van der Waals surface area contributed by atoms with E-state index < -0.39 is 0 Å². The van der Waals surface area contributed by atoms with E-state index in [9.17, 15) is 4.79 Å². The Hall–Kier alpha value is -2.69. The molecule has 0 aliphatic rings. The van der Waals surface area contributed by atoms with Crippen molar-refractivity contribution in [1.82, 2.24) is 5.32 Å². The summed E-state index contributed by atoms with van der Waals surface area (Å²) >= 11 is 0. The van der Waals surface area contributed by atoms with E-state index in [1.807, 2.05) is 62.3 Å². The molecular weight excluding hydrogens is 288 g/mol. The molecule has 0 bridgehead atoms. The summed E-state index contributed by atoms with van der Waals surface area (Å²) in [5.74, 6) is -0.121. The van der Waals surface area contributed by atoms with Crippen LogP contribution in [0.1, 0.15) is 23.7 Å². The number of carbonyl (C=O) groups excluding carboxylic acids is 1. The molecule has 0 radical (unpaired) electrons. The number of anilines is 1. The van der Waals surface area contributed by atoms with E-state index in [2.05, 4.69) is 15.5 Å². The number of rotatable bonds is 6. The maximum absolute atomic E-state index is 12.1. The Balaban J connectivity index is 2.17. The SMILES string of the molecule is CCCNC(=O)c1ccccc1N=Nc1ccc(N(C)C)cc1. The van der Waals surface area contributed by atoms with Gasteiger partial charge in [-0.2, -0.15) is 5.11 Å². The largest absolute Gasteiger partial charge is 0.378 e. The van der Waals surface area contributed by atoms with Gasteiger partial charge in [-0.1, -0.05) is 19.1 Å².